The Bertz CT molecular complexity index is 988. The van der Waals surface area contributed by atoms with Gasteiger partial charge in [0.1, 0.15) is 6.61 Å². The smallest absolute Gasteiger partial charge is 0.410 e. The van der Waals surface area contributed by atoms with E-state index in [-0.39, 0.29) is 18.6 Å². The topological polar surface area (TPSA) is 70.1 Å². The Labute approximate surface area is 182 Å². The second kappa shape index (κ2) is 7.38. The van der Waals surface area contributed by atoms with Gasteiger partial charge in [-0.25, -0.2) is 9.59 Å². The Morgan fingerprint density at radius 3 is 2.23 bits per heavy atom. The fraction of sp³-hybridized carbons (Fsp3) is 0.440. The standard InChI is InChI=1S/C25H28N2O4/c1-16-13-25(23(28)29,15-27(16)17-11-12-17)26(2)24(30)31-14-22-20-9-5-3-7-18(20)19-8-4-6-10-21(19)22/h3-10,16-17,22H,11-15H2,1-2H3,(H,28,29). The molecule has 2 aromatic carbocycles. The van der Waals surface area contributed by atoms with Gasteiger partial charge in [0.05, 0.1) is 0 Å². The van der Waals surface area contributed by atoms with E-state index in [9.17, 15) is 14.7 Å². The monoisotopic (exact) mass is 420 g/mol. The molecule has 1 amide bonds. The summed E-state index contributed by atoms with van der Waals surface area (Å²) in [5.74, 6) is -1.01. The third kappa shape index (κ3) is 3.21. The van der Waals surface area contributed by atoms with Gasteiger partial charge in [0.15, 0.2) is 5.54 Å². The molecule has 1 aliphatic heterocycles. The van der Waals surface area contributed by atoms with E-state index in [4.69, 9.17) is 4.74 Å². The summed E-state index contributed by atoms with van der Waals surface area (Å²) >= 11 is 0. The maximum atomic E-state index is 13.0. The quantitative estimate of drug-likeness (QED) is 0.793. The number of carbonyl (C=O) groups excluding carboxylic acids is 1. The minimum atomic E-state index is -1.25. The first kappa shape index (κ1) is 20.1. The number of aliphatic carboxylic acids is 1. The van der Waals surface area contributed by atoms with E-state index < -0.39 is 17.6 Å². The first-order valence-electron chi connectivity index (χ1n) is 11.0. The Kier molecular flexibility index (Phi) is 4.77. The Hall–Kier alpha value is -2.86. The molecule has 2 fully saturated rings. The van der Waals surface area contributed by atoms with Crippen molar-refractivity contribution in [3.8, 4) is 11.1 Å². The number of likely N-dealkylation sites (tertiary alicyclic amines) is 1. The molecule has 1 saturated carbocycles. The van der Waals surface area contributed by atoms with Crippen LogP contribution in [0.2, 0.25) is 0 Å². The second-order valence-corrected chi connectivity index (χ2v) is 9.16. The van der Waals surface area contributed by atoms with E-state index in [1.165, 1.54) is 16.0 Å². The summed E-state index contributed by atoms with van der Waals surface area (Å²) in [6.07, 6.45) is 2.05. The molecule has 2 aromatic rings. The van der Waals surface area contributed by atoms with Crippen LogP contribution in [0.1, 0.15) is 43.2 Å². The van der Waals surface area contributed by atoms with Gasteiger partial charge in [0.2, 0.25) is 0 Å². The zero-order valence-corrected chi connectivity index (χ0v) is 18.0. The highest BCUT2D eigenvalue weighted by Gasteiger charge is 2.55. The summed E-state index contributed by atoms with van der Waals surface area (Å²) in [4.78, 5) is 28.9. The zero-order chi connectivity index (χ0) is 21.8. The first-order chi connectivity index (χ1) is 14.9. The number of benzene rings is 2. The molecule has 2 unspecified atom stereocenters. The summed E-state index contributed by atoms with van der Waals surface area (Å²) < 4.78 is 5.74. The number of likely N-dealkylation sites (N-methyl/N-ethyl adjacent to an activating group) is 1. The summed E-state index contributed by atoms with van der Waals surface area (Å²) in [5, 5.41) is 10.1. The van der Waals surface area contributed by atoms with Crippen LogP contribution in [-0.2, 0) is 9.53 Å². The minimum Gasteiger partial charge on any atom is -0.479 e. The summed E-state index contributed by atoms with van der Waals surface area (Å²) in [6.45, 7) is 2.60. The van der Waals surface area contributed by atoms with Gasteiger partial charge in [-0.05, 0) is 48.4 Å². The number of rotatable bonds is 5. The van der Waals surface area contributed by atoms with Crippen molar-refractivity contribution in [3.63, 3.8) is 0 Å². The third-order valence-electron chi connectivity index (χ3n) is 7.31. The van der Waals surface area contributed by atoms with Crippen LogP contribution >= 0.6 is 0 Å². The van der Waals surface area contributed by atoms with Crippen molar-refractivity contribution in [1.82, 2.24) is 9.80 Å². The number of carboxylic acids is 1. The molecule has 1 heterocycles. The Balaban J connectivity index is 1.34. The van der Waals surface area contributed by atoms with Crippen LogP contribution in [0.15, 0.2) is 48.5 Å². The number of hydrogen-bond donors (Lipinski definition) is 1. The largest absolute Gasteiger partial charge is 0.479 e. The summed E-state index contributed by atoms with van der Waals surface area (Å²) in [6, 6.07) is 16.9. The van der Waals surface area contributed by atoms with Crippen molar-refractivity contribution < 1.29 is 19.4 Å². The lowest BCUT2D eigenvalue weighted by Gasteiger charge is -2.34. The number of fused-ring (bicyclic) bond motifs is 3. The van der Waals surface area contributed by atoms with Gasteiger partial charge in [-0.15, -0.1) is 0 Å². The normalized spacial score (nSPS) is 25.2. The highest BCUT2D eigenvalue weighted by atomic mass is 16.6. The fourth-order valence-electron chi connectivity index (χ4n) is 5.43. The first-order valence-corrected chi connectivity index (χ1v) is 11.0. The van der Waals surface area contributed by atoms with Crippen LogP contribution in [0.3, 0.4) is 0 Å². The van der Waals surface area contributed by atoms with E-state index >= 15 is 0 Å². The van der Waals surface area contributed by atoms with Crippen molar-refractivity contribution in [2.24, 2.45) is 0 Å². The SMILES string of the molecule is CC1CC(C(=O)O)(N(C)C(=O)OCC2c3ccccc3-c3ccccc32)CN1C1CC1. The van der Waals surface area contributed by atoms with Crippen molar-refractivity contribution in [2.75, 3.05) is 20.2 Å². The van der Waals surface area contributed by atoms with Crippen LogP contribution in [-0.4, -0.2) is 64.8 Å². The Morgan fingerprint density at radius 2 is 1.68 bits per heavy atom. The lowest BCUT2D eigenvalue weighted by atomic mass is 9.95. The number of carboxylic acid groups (broad SMARTS) is 1. The average Bonchev–Trinajstić information content (AvgIpc) is 3.48. The number of carbonyl (C=O) groups is 2. The van der Waals surface area contributed by atoms with Crippen LogP contribution < -0.4 is 0 Å². The number of hydrogen-bond acceptors (Lipinski definition) is 4. The van der Waals surface area contributed by atoms with Crippen molar-refractivity contribution in [3.05, 3.63) is 59.7 Å². The van der Waals surface area contributed by atoms with Gasteiger partial charge in [-0.3, -0.25) is 9.80 Å². The molecule has 162 valence electrons. The molecular formula is C25H28N2O4. The molecule has 0 bridgehead atoms. The molecule has 0 radical (unpaired) electrons. The average molecular weight is 421 g/mol. The van der Waals surface area contributed by atoms with E-state index in [0.29, 0.717) is 19.0 Å². The number of nitrogens with zero attached hydrogens (tertiary/aromatic N) is 2. The fourth-order valence-corrected chi connectivity index (χ4v) is 5.43. The molecule has 2 aliphatic carbocycles. The van der Waals surface area contributed by atoms with E-state index in [1.807, 2.05) is 24.3 Å². The van der Waals surface area contributed by atoms with Gasteiger partial charge in [0, 0.05) is 31.6 Å². The lowest BCUT2D eigenvalue weighted by molar-refractivity contribution is -0.149. The number of amides is 1. The maximum absolute atomic E-state index is 13.0. The van der Waals surface area contributed by atoms with Crippen molar-refractivity contribution >= 4 is 12.1 Å². The van der Waals surface area contributed by atoms with Gasteiger partial charge in [-0.2, -0.15) is 0 Å². The van der Waals surface area contributed by atoms with Crippen LogP contribution in [0.5, 0.6) is 0 Å². The Morgan fingerprint density at radius 1 is 1.10 bits per heavy atom. The molecule has 3 aliphatic rings. The zero-order valence-electron chi connectivity index (χ0n) is 18.0. The van der Waals surface area contributed by atoms with Gasteiger partial charge >= 0.3 is 12.1 Å². The molecule has 0 spiro atoms. The van der Waals surface area contributed by atoms with Crippen molar-refractivity contribution in [1.29, 1.82) is 0 Å². The molecule has 1 N–H and O–H groups in total. The molecule has 31 heavy (non-hydrogen) atoms. The van der Waals surface area contributed by atoms with Crippen molar-refractivity contribution in [2.45, 2.75) is 49.7 Å². The third-order valence-corrected chi connectivity index (χ3v) is 7.31. The maximum Gasteiger partial charge on any atom is 0.410 e. The van der Waals surface area contributed by atoms with Gasteiger partial charge in [0.25, 0.3) is 0 Å². The predicted octanol–water partition coefficient (Wildman–Crippen LogP) is 3.95. The van der Waals surface area contributed by atoms with E-state index in [0.717, 1.165) is 24.0 Å². The van der Waals surface area contributed by atoms with Crippen LogP contribution in [0.4, 0.5) is 4.79 Å². The molecule has 6 heteroatoms. The molecule has 6 nitrogen and oxygen atoms in total. The summed E-state index contributed by atoms with van der Waals surface area (Å²) in [5.41, 5.74) is 3.37. The molecular weight excluding hydrogens is 392 g/mol. The second-order valence-electron chi connectivity index (χ2n) is 9.16. The highest BCUT2D eigenvalue weighted by molar-refractivity contribution is 5.85. The van der Waals surface area contributed by atoms with Gasteiger partial charge < -0.3 is 9.84 Å². The molecule has 2 atom stereocenters. The number of ether oxygens (including phenoxy) is 1. The summed E-state index contributed by atoms with van der Waals surface area (Å²) in [7, 11) is 1.57. The lowest BCUT2D eigenvalue weighted by Crippen LogP contribution is -2.57. The predicted molar refractivity (Wildman–Crippen MR) is 117 cm³/mol. The van der Waals surface area contributed by atoms with Crippen LogP contribution in [0.25, 0.3) is 11.1 Å². The molecule has 5 rings (SSSR count). The highest BCUT2D eigenvalue weighted by Crippen LogP contribution is 2.45. The molecule has 0 aromatic heterocycles. The van der Waals surface area contributed by atoms with Crippen LogP contribution in [0, 0.1) is 0 Å². The van der Waals surface area contributed by atoms with E-state index in [2.05, 4.69) is 36.1 Å². The van der Waals surface area contributed by atoms with E-state index in [1.54, 1.807) is 7.05 Å². The minimum absolute atomic E-state index is 0.0454. The van der Waals surface area contributed by atoms with Gasteiger partial charge in [-0.1, -0.05) is 48.5 Å². The molecule has 1 saturated heterocycles.